The Morgan fingerprint density at radius 3 is 2.60 bits per heavy atom. The van der Waals surface area contributed by atoms with E-state index in [-0.39, 0.29) is 17.6 Å². The van der Waals surface area contributed by atoms with Gasteiger partial charge in [0, 0.05) is 44.2 Å². The molecule has 2 aromatic heterocycles. The predicted molar refractivity (Wildman–Crippen MR) is 130 cm³/mol. The lowest BCUT2D eigenvalue weighted by molar-refractivity contribution is 0.156. The number of nitrogens with zero attached hydrogens (tertiary/aromatic N) is 7. The van der Waals surface area contributed by atoms with Crippen molar-refractivity contribution in [1.82, 2.24) is 23.9 Å². The molecule has 0 unspecified atom stereocenters. The molecule has 0 radical (unpaired) electrons. The second kappa shape index (κ2) is 9.05. The van der Waals surface area contributed by atoms with Crippen molar-refractivity contribution in [3.05, 3.63) is 51.8 Å². The number of fused-ring (bicyclic) bond motifs is 1. The Hall–Kier alpha value is -3.30. The third kappa shape index (κ3) is 4.30. The smallest absolute Gasteiger partial charge is 0.270 e. The van der Waals surface area contributed by atoms with Gasteiger partial charge in [-0.3, -0.25) is 9.69 Å². The molecule has 0 aliphatic carbocycles. The summed E-state index contributed by atoms with van der Waals surface area (Å²) >= 11 is 0. The van der Waals surface area contributed by atoms with E-state index in [0.29, 0.717) is 41.9 Å². The maximum Gasteiger partial charge on any atom is 0.270 e. The van der Waals surface area contributed by atoms with Crippen LogP contribution in [0, 0.1) is 17.1 Å². The highest BCUT2D eigenvalue weighted by molar-refractivity contribution is 7.90. The van der Waals surface area contributed by atoms with Gasteiger partial charge in [0.25, 0.3) is 15.6 Å². The fourth-order valence-electron chi connectivity index (χ4n) is 4.53. The first-order chi connectivity index (χ1) is 16.4. The molecule has 0 amide bonds. The number of nitriles is 1. The quantitative estimate of drug-likeness (QED) is 0.520. The first-order valence-electron chi connectivity index (χ1n) is 11.3. The van der Waals surface area contributed by atoms with Crippen LogP contribution in [0.25, 0.3) is 10.9 Å². The molecule has 1 aliphatic heterocycles. The van der Waals surface area contributed by atoms with Crippen molar-refractivity contribution in [2.75, 3.05) is 18.0 Å². The summed E-state index contributed by atoms with van der Waals surface area (Å²) < 4.78 is 41.2. The molecule has 1 fully saturated rings. The number of anilines is 1. The Morgan fingerprint density at radius 2 is 1.94 bits per heavy atom. The largest absolute Gasteiger partial charge is 0.364 e. The Bertz CT molecular complexity index is 1490. The molecule has 10 nitrogen and oxygen atoms in total. The first-order valence-corrected chi connectivity index (χ1v) is 12.8. The molecule has 1 saturated heterocycles. The van der Waals surface area contributed by atoms with E-state index in [2.05, 4.69) is 15.2 Å². The standard InChI is InChI=1S/C23H28FN7O3S/c1-14(2)35(33,34)31-13-18(26-27-31)12-29-10-16(4)30(11-15(29)3)22-19-8-17(24)6-7-21(19)28(5)23(32)20(22)9-25/h6-8,13-16H,10-12H2,1-5H3/t15-,16+/m1/s1. The van der Waals surface area contributed by atoms with Crippen LogP contribution in [0.5, 0.6) is 0 Å². The third-order valence-electron chi connectivity index (χ3n) is 6.59. The van der Waals surface area contributed by atoms with Gasteiger partial charge in [-0.15, -0.1) is 9.19 Å². The van der Waals surface area contributed by atoms with Gasteiger partial charge < -0.3 is 9.47 Å². The number of pyridine rings is 1. The maximum atomic E-state index is 14.2. The molecule has 4 rings (SSSR count). The molecule has 0 saturated carbocycles. The zero-order chi connectivity index (χ0) is 25.7. The van der Waals surface area contributed by atoms with E-state index in [1.54, 1.807) is 27.0 Å². The number of rotatable bonds is 5. The number of hydrogen-bond donors (Lipinski definition) is 0. The van der Waals surface area contributed by atoms with Gasteiger partial charge in [0.1, 0.15) is 17.4 Å². The van der Waals surface area contributed by atoms with Crippen molar-refractivity contribution >= 4 is 26.6 Å². The summed E-state index contributed by atoms with van der Waals surface area (Å²) in [6.45, 7) is 8.58. The summed E-state index contributed by atoms with van der Waals surface area (Å²) in [7, 11) is -2.01. The van der Waals surface area contributed by atoms with E-state index < -0.39 is 26.6 Å². The molecule has 0 bridgehead atoms. The van der Waals surface area contributed by atoms with Gasteiger partial charge in [-0.1, -0.05) is 5.21 Å². The van der Waals surface area contributed by atoms with Gasteiger partial charge in [-0.25, -0.2) is 12.8 Å². The second-order valence-corrected chi connectivity index (χ2v) is 11.7. The summed E-state index contributed by atoms with van der Waals surface area (Å²) in [4.78, 5) is 17.1. The van der Waals surface area contributed by atoms with Crippen molar-refractivity contribution in [3.8, 4) is 6.07 Å². The zero-order valence-electron chi connectivity index (χ0n) is 20.3. The molecule has 35 heavy (non-hydrogen) atoms. The molecule has 3 heterocycles. The van der Waals surface area contributed by atoms with Crippen LogP contribution in [0.1, 0.15) is 39.0 Å². The topological polar surface area (TPSA) is 117 Å². The predicted octanol–water partition coefficient (Wildman–Crippen LogP) is 1.83. The summed E-state index contributed by atoms with van der Waals surface area (Å²) in [6.07, 6.45) is 1.43. The average Bonchev–Trinajstić information content (AvgIpc) is 3.27. The molecule has 3 aromatic rings. The highest BCUT2D eigenvalue weighted by Crippen LogP contribution is 2.33. The van der Waals surface area contributed by atoms with E-state index in [0.717, 1.165) is 4.09 Å². The zero-order valence-corrected chi connectivity index (χ0v) is 21.1. The Labute approximate surface area is 203 Å². The molecule has 1 aromatic carbocycles. The van der Waals surface area contributed by atoms with Crippen LogP contribution in [-0.4, -0.2) is 62.7 Å². The summed E-state index contributed by atoms with van der Waals surface area (Å²) in [6, 6.07) is 6.10. The number of benzene rings is 1. The summed E-state index contributed by atoms with van der Waals surface area (Å²) in [5.41, 5.74) is 1.08. The van der Waals surface area contributed by atoms with Crippen molar-refractivity contribution in [2.45, 2.75) is 51.6 Å². The molecule has 0 spiro atoms. The number of hydrogen-bond acceptors (Lipinski definition) is 8. The number of aromatic nitrogens is 4. The monoisotopic (exact) mass is 501 g/mol. The molecular weight excluding hydrogens is 473 g/mol. The molecular formula is C23H28FN7O3S. The molecule has 2 atom stereocenters. The van der Waals surface area contributed by atoms with Crippen LogP contribution in [0.4, 0.5) is 10.1 Å². The third-order valence-corrected chi connectivity index (χ3v) is 8.48. The van der Waals surface area contributed by atoms with Gasteiger partial charge in [-0.05, 0) is 45.9 Å². The lowest BCUT2D eigenvalue weighted by Gasteiger charge is -2.45. The van der Waals surface area contributed by atoms with E-state index in [4.69, 9.17) is 0 Å². The fraction of sp³-hybridized carbons (Fsp3) is 0.478. The highest BCUT2D eigenvalue weighted by Gasteiger charge is 2.33. The lowest BCUT2D eigenvalue weighted by Crippen LogP contribution is -2.56. The Kier molecular flexibility index (Phi) is 6.42. The molecule has 1 aliphatic rings. The second-order valence-electron chi connectivity index (χ2n) is 9.32. The normalized spacial score (nSPS) is 19.4. The van der Waals surface area contributed by atoms with Gasteiger partial charge >= 0.3 is 0 Å². The van der Waals surface area contributed by atoms with Crippen molar-refractivity contribution in [1.29, 1.82) is 5.26 Å². The van der Waals surface area contributed by atoms with Crippen molar-refractivity contribution < 1.29 is 12.8 Å². The van der Waals surface area contributed by atoms with E-state index in [9.17, 15) is 22.9 Å². The van der Waals surface area contributed by atoms with Crippen LogP contribution < -0.4 is 10.5 Å². The first kappa shape index (κ1) is 24.8. The van der Waals surface area contributed by atoms with Gasteiger partial charge in [-0.2, -0.15) is 5.26 Å². The Balaban J connectivity index is 1.66. The van der Waals surface area contributed by atoms with Gasteiger partial charge in [0.05, 0.1) is 28.3 Å². The number of halogens is 1. The highest BCUT2D eigenvalue weighted by atomic mass is 32.2. The van der Waals surface area contributed by atoms with Crippen LogP contribution in [0.3, 0.4) is 0 Å². The van der Waals surface area contributed by atoms with E-state index >= 15 is 0 Å². The average molecular weight is 502 g/mol. The van der Waals surface area contributed by atoms with Crippen molar-refractivity contribution in [2.24, 2.45) is 7.05 Å². The molecule has 12 heteroatoms. The van der Waals surface area contributed by atoms with Gasteiger partial charge in [0.2, 0.25) is 0 Å². The maximum absolute atomic E-state index is 14.2. The number of aryl methyl sites for hydroxylation is 1. The van der Waals surface area contributed by atoms with Crippen LogP contribution in [0.2, 0.25) is 0 Å². The minimum atomic E-state index is -3.58. The van der Waals surface area contributed by atoms with Crippen molar-refractivity contribution in [3.63, 3.8) is 0 Å². The van der Waals surface area contributed by atoms with Crippen LogP contribution in [0.15, 0.2) is 29.2 Å². The Morgan fingerprint density at radius 1 is 1.23 bits per heavy atom. The summed E-state index contributed by atoms with van der Waals surface area (Å²) in [5, 5.41) is 17.6. The molecule has 0 N–H and O–H groups in total. The van der Waals surface area contributed by atoms with Crippen LogP contribution in [-0.2, 0) is 23.6 Å². The van der Waals surface area contributed by atoms with Crippen LogP contribution >= 0.6 is 0 Å². The van der Waals surface area contributed by atoms with Gasteiger partial charge in [0.15, 0.2) is 0 Å². The lowest BCUT2D eigenvalue weighted by atomic mass is 10.0. The minimum absolute atomic E-state index is 0.0139. The molecule has 186 valence electrons. The SMILES string of the molecule is CC(C)S(=O)(=O)n1cc(CN2C[C@H](C)N(c3c(C#N)c(=O)n(C)c4ccc(F)cc34)C[C@H]2C)nn1. The fourth-order valence-corrected chi connectivity index (χ4v) is 5.37. The summed E-state index contributed by atoms with van der Waals surface area (Å²) in [5.74, 6) is -0.444. The van der Waals surface area contributed by atoms with E-state index in [1.807, 2.05) is 24.8 Å². The van der Waals surface area contributed by atoms with E-state index in [1.165, 1.54) is 22.9 Å². The number of piperazine rings is 1. The minimum Gasteiger partial charge on any atom is -0.364 e.